The molecule has 0 radical (unpaired) electrons. The van der Waals surface area contributed by atoms with Gasteiger partial charge in [-0.2, -0.15) is 0 Å². The fraction of sp³-hybridized carbons (Fsp3) is 0.222. The molecule has 0 fully saturated rings. The number of aromatic nitrogens is 2. The zero-order chi connectivity index (χ0) is 16.5. The fourth-order valence-electron chi connectivity index (χ4n) is 3.00. The van der Waals surface area contributed by atoms with E-state index in [1.165, 1.54) is 0 Å². The third-order valence-electron chi connectivity index (χ3n) is 4.22. The Bertz CT molecular complexity index is 887. The highest BCUT2D eigenvalue weighted by molar-refractivity contribution is 14.1. The molecule has 2 heterocycles. The summed E-state index contributed by atoms with van der Waals surface area (Å²) in [4.78, 5) is 8.81. The smallest absolute Gasteiger partial charge is 0.137 e. The molecule has 3 aromatic rings. The SMILES string of the molecule is COC1COc2ccccc2C1Nc1ncnc2ccc(I)cc12. The Kier molecular flexibility index (Phi) is 4.24. The molecule has 0 aliphatic carbocycles. The molecule has 0 spiro atoms. The summed E-state index contributed by atoms with van der Waals surface area (Å²) in [5.74, 6) is 1.69. The summed E-state index contributed by atoms with van der Waals surface area (Å²) in [5.41, 5.74) is 2.00. The summed E-state index contributed by atoms with van der Waals surface area (Å²) in [6.45, 7) is 0.506. The van der Waals surface area contributed by atoms with Crippen LogP contribution in [0.3, 0.4) is 0 Å². The summed E-state index contributed by atoms with van der Waals surface area (Å²) in [6.07, 6.45) is 1.50. The number of halogens is 1. The maximum atomic E-state index is 5.80. The lowest BCUT2D eigenvalue weighted by Gasteiger charge is -2.33. The maximum Gasteiger partial charge on any atom is 0.137 e. The molecule has 1 N–H and O–H groups in total. The highest BCUT2D eigenvalue weighted by Crippen LogP contribution is 2.36. The van der Waals surface area contributed by atoms with E-state index in [4.69, 9.17) is 9.47 Å². The van der Waals surface area contributed by atoms with Gasteiger partial charge >= 0.3 is 0 Å². The summed E-state index contributed by atoms with van der Waals surface area (Å²) in [6, 6.07) is 14.1. The molecule has 5 nitrogen and oxygen atoms in total. The van der Waals surface area contributed by atoms with E-state index in [0.29, 0.717) is 6.61 Å². The highest BCUT2D eigenvalue weighted by atomic mass is 127. The van der Waals surface area contributed by atoms with Crippen LogP contribution < -0.4 is 10.1 Å². The number of hydrogen-bond acceptors (Lipinski definition) is 5. The van der Waals surface area contributed by atoms with Gasteiger partial charge in [0.1, 0.15) is 30.6 Å². The van der Waals surface area contributed by atoms with Crippen LogP contribution in [-0.4, -0.2) is 29.8 Å². The topological polar surface area (TPSA) is 56.3 Å². The third kappa shape index (κ3) is 2.80. The minimum atomic E-state index is -0.0901. The number of rotatable bonds is 3. The minimum Gasteiger partial charge on any atom is -0.490 e. The zero-order valence-corrected chi connectivity index (χ0v) is 15.2. The van der Waals surface area contributed by atoms with E-state index in [-0.39, 0.29) is 12.1 Å². The van der Waals surface area contributed by atoms with E-state index in [9.17, 15) is 0 Å². The lowest BCUT2D eigenvalue weighted by Crippen LogP contribution is -2.36. The van der Waals surface area contributed by atoms with Crippen molar-refractivity contribution < 1.29 is 9.47 Å². The molecule has 4 rings (SSSR count). The molecule has 0 amide bonds. The normalized spacial score (nSPS) is 19.6. The van der Waals surface area contributed by atoms with E-state index in [2.05, 4.69) is 50.0 Å². The Morgan fingerprint density at radius 3 is 2.96 bits per heavy atom. The first-order chi connectivity index (χ1) is 11.8. The molecule has 2 aromatic carbocycles. The number of methoxy groups -OCH3 is 1. The second-order valence-corrected chi connectivity index (χ2v) is 6.87. The fourth-order valence-corrected chi connectivity index (χ4v) is 3.49. The number of hydrogen-bond donors (Lipinski definition) is 1. The van der Waals surface area contributed by atoms with E-state index in [1.54, 1.807) is 13.4 Å². The molecule has 0 bridgehead atoms. The summed E-state index contributed by atoms with van der Waals surface area (Å²) in [7, 11) is 1.71. The Balaban J connectivity index is 1.78. The third-order valence-corrected chi connectivity index (χ3v) is 4.89. The van der Waals surface area contributed by atoms with Crippen molar-refractivity contribution in [1.82, 2.24) is 9.97 Å². The molecule has 1 aromatic heterocycles. The van der Waals surface area contributed by atoms with Gasteiger partial charge in [0.15, 0.2) is 0 Å². The van der Waals surface area contributed by atoms with E-state index in [1.807, 2.05) is 30.3 Å². The van der Waals surface area contributed by atoms with Gasteiger partial charge in [-0.05, 0) is 46.9 Å². The minimum absolute atomic E-state index is 0.0316. The molecule has 24 heavy (non-hydrogen) atoms. The largest absolute Gasteiger partial charge is 0.490 e. The Labute approximate surface area is 153 Å². The molecule has 2 unspecified atom stereocenters. The van der Waals surface area contributed by atoms with Crippen LogP contribution in [-0.2, 0) is 4.74 Å². The van der Waals surface area contributed by atoms with Crippen LogP contribution in [0.15, 0.2) is 48.8 Å². The van der Waals surface area contributed by atoms with Crippen molar-refractivity contribution in [3.63, 3.8) is 0 Å². The van der Waals surface area contributed by atoms with Crippen LogP contribution in [0.25, 0.3) is 10.9 Å². The lowest BCUT2D eigenvalue weighted by molar-refractivity contribution is 0.0310. The van der Waals surface area contributed by atoms with Gasteiger partial charge < -0.3 is 14.8 Å². The van der Waals surface area contributed by atoms with Crippen LogP contribution in [0.4, 0.5) is 5.82 Å². The van der Waals surface area contributed by atoms with E-state index in [0.717, 1.165) is 31.6 Å². The first kappa shape index (κ1) is 15.6. The van der Waals surface area contributed by atoms with Gasteiger partial charge in [-0.1, -0.05) is 18.2 Å². The van der Waals surface area contributed by atoms with Gasteiger partial charge in [0.05, 0.1) is 11.6 Å². The highest BCUT2D eigenvalue weighted by Gasteiger charge is 2.31. The molecule has 2 atom stereocenters. The quantitative estimate of drug-likeness (QED) is 0.638. The van der Waals surface area contributed by atoms with Crippen molar-refractivity contribution >= 4 is 39.3 Å². The van der Waals surface area contributed by atoms with Crippen LogP contribution in [0.1, 0.15) is 11.6 Å². The monoisotopic (exact) mass is 433 g/mol. The average molecular weight is 433 g/mol. The molecule has 0 saturated carbocycles. The van der Waals surface area contributed by atoms with Crippen molar-refractivity contribution in [3.05, 3.63) is 57.9 Å². The second-order valence-electron chi connectivity index (χ2n) is 5.63. The molecule has 1 aliphatic heterocycles. The predicted octanol–water partition coefficient (Wildman–Crippen LogP) is 3.80. The number of nitrogens with zero attached hydrogens (tertiary/aromatic N) is 2. The van der Waals surface area contributed by atoms with Gasteiger partial charge in [0.2, 0.25) is 0 Å². The molecular weight excluding hydrogens is 417 g/mol. The molecule has 1 aliphatic rings. The number of fused-ring (bicyclic) bond motifs is 2. The maximum absolute atomic E-state index is 5.80. The van der Waals surface area contributed by atoms with Crippen LogP contribution >= 0.6 is 22.6 Å². The summed E-state index contributed by atoms with van der Waals surface area (Å²) in [5, 5.41) is 4.55. The standard InChI is InChI=1S/C18H16IN3O2/c1-23-16-9-24-15-5-3-2-4-12(15)17(16)22-18-13-8-11(19)6-7-14(13)20-10-21-18/h2-8,10,16-17H,9H2,1H3,(H,20,21,22). The van der Waals surface area contributed by atoms with Crippen LogP contribution in [0, 0.1) is 3.57 Å². The first-order valence-corrected chi connectivity index (χ1v) is 8.75. The molecule has 0 saturated heterocycles. The predicted molar refractivity (Wildman–Crippen MR) is 101 cm³/mol. The Morgan fingerprint density at radius 1 is 1.21 bits per heavy atom. The number of nitrogens with one attached hydrogen (secondary N) is 1. The molecule has 122 valence electrons. The Hall–Kier alpha value is -1.93. The molecular formula is C18H16IN3O2. The first-order valence-electron chi connectivity index (χ1n) is 7.67. The van der Waals surface area contributed by atoms with Gasteiger partial charge in [-0.25, -0.2) is 9.97 Å². The Morgan fingerprint density at radius 2 is 2.08 bits per heavy atom. The van der Waals surface area contributed by atoms with Crippen molar-refractivity contribution in [2.75, 3.05) is 19.0 Å². The number of para-hydroxylation sites is 1. The zero-order valence-electron chi connectivity index (χ0n) is 13.1. The van der Waals surface area contributed by atoms with E-state index >= 15 is 0 Å². The van der Waals surface area contributed by atoms with Crippen molar-refractivity contribution in [3.8, 4) is 5.75 Å². The van der Waals surface area contributed by atoms with Crippen molar-refractivity contribution in [2.24, 2.45) is 0 Å². The summed E-state index contributed by atoms with van der Waals surface area (Å²) < 4.78 is 12.6. The second kappa shape index (κ2) is 6.52. The van der Waals surface area contributed by atoms with Crippen molar-refractivity contribution in [2.45, 2.75) is 12.1 Å². The molecule has 6 heteroatoms. The van der Waals surface area contributed by atoms with E-state index < -0.39 is 0 Å². The lowest BCUT2D eigenvalue weighted by atomic mass is 9.98. The van der Waals surface area contributed by atoms with Crippen LogP contribution in [0.2, 0.25) is 0 Å². The van der Waals surface area contributed by atoms with Gasteiger partial charge in [-0.15, -0.1) is 0 Å². The van der Waals surface area contributed by atoms with Gasteiger partial charge in [0, 0.05) is 21.6 Å². The van der Waals surface area contributed by atoms with Crippen LogP contribution in [0.5, 0.6) is 5.75 Å². The average Bonchev–Trinajstić information content (AvgIpc) is 2.62. The van der Waals surface area contributed by atoms with Gasteiger partial charge in [-0.3, -0.25) is 0 Å². The van der Waals surface area contributed by atoms with Crippen molar-refractivity contribution in [1.29, 1.82) is 0 Å². The summed E-state index contributed by atoms with van der Waals surface area (Å²) >= 11 is 2.30. The van der Waals surface area contributed by atoms with Gasteiger partial charge in [0.25, 0.3) is 0 Å². The number of anilines is 1. The number of benzene rings is 2. The number of ether oxygens (including phenoxy) is 2.